The highest BCUT2D eigenvalue weighted by molar-refractivity contribution is 5.77. The summed E-state index contributed by atoms with van der Waals surface area (Å²) in [7, 11) is 0. The minimum Gasteiger partial charge on any atom is -0.464 e. The normalized spacial score (nSPS) is 13.1. The summed E-state index contributed by atoms with van der Waals surface area (Å²) in [6.45, 7) is 6.05. The number of rotatable bonds is 6. The molecule has 0 aliphatic rings. The van der Waals surface area contributed by atoms with Gasteiger partial charge in [0.2, 0.25) is 0 Å². The van der Waals surface area contributed by atoms with Crippen LogP contribution in [0.4, 0.5) is 0 Å². The number of benzene rings is 1. The number of hydrogen-bond acceptors (Lipinski definition) is 2. The minimum atomic E-state index is 0.436. The number of unbranched alkanes of at least 4 members (excludes halogenated alkanes) is 1. The van der Waals surface area contributed by atoms with Crippen molar-refractivity contribution in [2.75, 3.05) is 13.2 Å². The van der Waals surface area contributed by atoms with Crippen LogP contribution in [0.5, 0.6) is 0 Å². The molecule has 1 unspecified atom stereocenters. The molecule has 1 heterocycles. The molecule has 0 fully saturated rings. The van der Waals surface area contributed by atoms with Gasteiger partial charge >= 0.3 is 0 Å². The van der Waals surface area contributed by atoms with Crippen molar-refractivity contribution in [3.8, 4) is 0 Å². The van der Waals surface area contributed by atoms with Crippen molar-refractivity contribution in [1.82, 2.24) is 0 Å². The van der Waals surface area contributed by atoms with E-state index in [-0.39, 0.29) is 0 Å². The third kappa shape index (κ3) is 3.10. The summed E-state index contributed by atoms with van der Waals surface area (Å²) in [5, 5.41) is 1.17. The van der Waals surface area contributed by atoms with Crippen molar-refractivity contribution in [3.63, 3.8) is 0 Å². The summed E-state index contributed by atoms with van der Waals surface area (Å²) >= 11 is 0. The molecule has 0 saturated heterocycles. The molecule has 0 aliphatic carbocycles. The SMILES string of the molecule is CCCCOCC(C)c1ccc2occc2c1. The number of ether oxygens (including phenoxy) is 1. The van der Waals surface area contributed by atoms with Gasteiger partial charge < -0.3 is 9.15 Å². The molecular formula is C15H20O2. The van der Waals surface area contributed by atoms with Crippen LogP contribution in [0.2, 0.25) is 0 Å². The van der Waals surface area contributed by atoms with Crippen LogP contribution in [0.25, 0.3) is 11.0 Å². The predicted molar refractivity (Wildman–Crippen MR) is 70.4 cm³/mol. The monoisotopic (exact) mass is 232 g/mol. The Hall–Kier alpha value is -1.28. The van der Waals surface area contributed by atoms with Crippen LogP contribution in [0, 0.1) is 0 Å². The van der Waals surface area contributed by atoms with Crippen molar-refractivity contribution in [2.45, 2.75) is 32.6 Å². The maximum absolute atomic E-state index is 5.66. The molecule has 17 heavy (non-hydrogen) atoms. The third-order valence-corrected chi connectivity index (χ3v) is 3.06. The summed E-state index contributed by atoms with van der Waals surface area (Å²) in [4.78, 5) is 0. The molecule has 0 aliphatic heterocycles. The van der Waals surface area contributed by atoms with Crippen LogP contribution in [0.1, 0.15) is 38.2 Å². The molecule has 92 valence electrons. The molecule has 0 radical (unpaired) electrons. The Labute approximate surface area is 103 Å². The number of hydrogen-bond donors (Lipinski definition) is 0. The summed E-state index contributed by atoms with van der Waals surface area (Å²) < 4.78 is 11.0. The number of furan rings is 1. The highest BCUT2D eigenvalue weighted by Gasteiger charge is 2.07. The maximum atomic E-state index is 5.66. The van der Waals surface area contributed by atoms with E-state index in [0.717, 1.165) is 25.2 Å². The lowest BCUT2D eigenvalue weighted by Crippen LogP contribution is -2.05. The summed E-state index contributed by atoms with van der Waals surface area (Å²) in [5.41, 5.74) is 2.27. The molecule has 2 heteroatoms. The maximum Gasteiger partial charge on any atom is 0.133 e. The average Bonchev–Trinajstić information content (AvgIpc) is 2.81. The van der Waals surface area contributed by atoms with Gasteiger partial charge in [-0.15, -0.1) is 0 Å². The van der Waals surface area contributed by atoms with E-state index in [1.165, 1.54) is 17.4 Å². The molecule has 2 nitrogen and oxygen atoms in total. The topological polar surface area (TPSA) is 22.4 Å². The van der Waals surface area contributed by atoms with E-state index in [9.17, 15) is 0 Å². The van der Waals surface area contributed by atoms with Crippen LogP contribution in [-0.2, 0) is 4.74 Å². The zero-order valence-corrected chi connectivity index (χ0v) is 10.6. The van der Waals surface area contributed by atoms with Crippen molar-refractivity contribution in [1.29, 1.82) is 0 Å². The number of fused-ring (bicyclic) bond motifs is 1. The van der Waals surface area contributed by atoms with Gasteiger partial charge in [0.15, 0.2) is 0 Å². The average molecular weight is 232 g/mol. The van der Waals surface area contributed by atoms with E-state index in [2.05, 4.69) is 26.0 Å². The van der Waals surface area contributed by atoms with Gasteiger partial charge in [-0.05, 0) is 30.2 Å². The van der Waals surface area contributed by atoms with Crippen LogP contribution in [0.3, 0.4) is 0 Å². The lowest BCUT2D eigenvalue weighted by molar-refractivity contribution is 0.121. The first-order valence-electron chi connectivity index (χ1n) is 6.36. The lowest BCUT2D eigenvalue weighted by atomic mass is 10.0. The van der Waals surface area contributed by atoms with Gasteiger partial charge in [-0.1, -0.05) is 26.3 Å². The Morgan fingerprint density at radius 1 is 1.29 bits per heavy atom. The molecule has 0 amide bonds. The zero-order valence-electron chi connectivity index (χ0n) is 10.6. The Kier molecular flexibility index (Phi) is 4.21. The molecule has 1 aromatic carbocycles. The van der Waals surface area contributed by atoms with Gasteiger partial charge in [0.25, 0.3) is 0 Å². The van der Waals surface area contributed by atoms with Crippen LogP contribution in [-0.4, -0.2) is 13.2 Å². The van der Waals surface area contributed by atoms with Crippen molar-refractivity contribution in [3.05, 3.63) is 36.1 Å². The first-order chi connectivity index (χ1) is 8.31. The first-order valence-corrected chi connectivity index (χ1v) is 6.36. The van der Waals surface area contributed by atoms with Crippen LogP contribution in [0.15, 0.2) is 34.9 Å². The predicted octanol–water partition coefficient (Wildman–Crippen LogP) is 4.35. The smallest absolute Gasteiger partial charge is 0.133 e. The molecule has 1 atom stereocenters. The molecular weight excluding hydrogens is 212 g/mol. The standard InChI is InChI=1S/C15H20O2/c1-3-4-8-16-11-12(2)13-5-6-15-14(10-13)7-9-17-15/h5-7,9-10,12H,3-4,8,11H2,1-2H3. The second kappa shape index (κ2) is 5.87. The molecule has 0 bridgehead atoms. The van der Waals surface area contributed by atoms with E-state index >= 15 is 0 Å². The molecule has 2 rings (SSSR count). The Morgan fingerprint density at radius 2 is 2.18 bits per heavy atom. The van der Waals surface area contributed by atoms with E-state index in [1.54, 1.807) is 6.26 Å². The molecule has 0 N–H and O–H groups in total. The highest BCUT2D eigenvalue weighted by Crippen LogP contribution is 2.22. The van der Waals surface area contributed by atoms with Crippen LogP contribution >= 0.6 is 0 Å². The highest BCUT2D eigenvalue weighted by atomic mass is 16.5. The lowest BCUT2D eigenvalue weighted by Gasteiger charge is -2.12. The van der Waals surface area contributed by atoms with Gasteiger partial charge in [-0.3, -0.25) is 0 Å². The van der Waals surface area contributed by atoms with Gasteiger partial charge in [-0.25, -0.2) is 0 Å². The fourth-order valence-corrected chi connectivity index (χ4v) is 1.89. The molecule has 2 aromatic rings. The Bertz CT molecular complexity index is 459. The third-order valence-electron chi connectivity index (χ3n) is 3.06. The summed E-state index contributed by atoms with van der Waals surface area (Å²) in [5.74, 6) is 0.436. The van der Waals surface area contributed by atoms with E-state index in [1.807, 2.05) is 12.1 Å². The molecule has 0 spiro atoms. The summed E-state index contributed by atoms with van der Waals surface area (Å²) in [6.07, 6.45) is 4.07. The summed E-state index contributed by atoms with van der Waals surface area (Å²) in [6, 6.07) is 8.35. The van der Waals surface area contributed by atoms with Crippen molar-refractivity contribution in [2.24, 2.45) is 0 Å². The first kappa shape index (κ1) is 12.2. The van der Waals surface area contributed by atoms with Crippen LogP contribution < -0.4 is 0 Å². The second-order valence-corrected chi connectivity index (χ2v) is 4.55. The van der Waals surface area contributed by atoms with Gasteiger partial charge in [0.05, 0.1) is 12.9 Å². The molecule has 0 saturated carbocycles. The van der Waals surface area contributed by atoms with E-state index in [4.69, 9.17) is 9.15 Å². The fourth-order valence-electron chi connectivity index (χ4n) is 1.89. The van der Waals surface area contributed by atoms with E-state index in [0.29, 0.717) is 5.92 Å². The fraction of sp³-hybridized carbons (Fsp3) is 0.467. The largest absolute Gasteiger partial charge is 0.464 e. The van der Waals surface area contributed by atoms with Crippen molar-refractivity contribution >= 4 is 11.0 Å². The molecule has 1 aromatic heterocycles. The minimum absolute atomic E-state index is 0.436. The Morgan fingerprint density at radius 3 is 3.00 bits per heavy atom. The second-order valence-electron chi connectivity index (χ2n) is 4.55. The van der Waals surface area contributed by atoms with Gasteiger partial charge in [0, 0.05) is 17.9 Å². The van der Waals surface area contributed by atoms with Crippen molar-refractivity contribution < 1.29 is 9.15 Å². The van der Waals surface area contributed by atoms with E-state index < -0.39 is 0 Å². The quantitative estimate of drug-likeness (QED) is 0.691. The van der Waals surface area contributed by atoms with Gasteiger partial charge in [0.1, 0.15) is 5.58 Å². The van der Waals surface area contributed by atoms with Gasteiger partial charge in [-0.2, -0.15) is 0 Å². The zero-order chi connectivity index (χ0) is 12.1. The Balaban J connectivity index is 1.95.